The van der Waals surface area contributed by atoms with Gasteiger partial charge in [0.2, 0.25) is 10.0 Å². The molecule has 4 nitrogen and oxygen atoms in total. The van der Waals surface area contributed by atoms with E-state index in [1.54, 1.807) is 24.3 Å². The lowest BCUT2D eigenvalue weighted by Crippen LogP contribution is -2.10. The van der Waals surface area contributed by atoms with E-state index in [-0.39, 0.29) is 0 Å². The third kappa shape index (κ3) is 5.12. The lowest BCUT2D eigenvalue weighted by Gasteiger charge is -2.11. The third-order valence-corrected chi connectivity index (χ3v) is 3.81. The van der Waals surface area contributed by atoms with Crippen molar-refractivity contribution in [3.8, 4) is 0 Å². The van der Waals surface area contributed by atoms with E-state index in [9.17, 15) is 8.42 Å². The maximum Gasteiger partial charge on any atom is 0.229 e. The number of benzene rings is 2. The molecule has 0 amide bonds. The lowest BCUT2D eigenvalue weighted by molar-refractivity contribution is 0.607. The van der Waals surface area contributed by atoms with Crippen LogP contribution < -0.4 is 10.0 Å². The second-order valence-electron chi connectivity index (χ2n) is 4.55. The molecule has 0 aliphatic carbocycles. The van der Waals surface area contributed by atoms with Gasteiger partial charge in [0.25, 0.3) is 0 Å². The van der Waals surface area contributed by atoms with Crippen molar-refractivity contribution in [3.63, 3.8) is 0 Å². The Hall–Kier alpha value is -1.43. The quantitative estimate of drug-likeness (QED) is 0.862. The highest BCUT2D eigenvalue weighted by molar-refractivity contribution is 7.92. The average molecular weight is 345 g/mol. The first-order valence-corrected chi connectivity index (χ1v) is 8.74. The molecule has 21 heavy (non-hydrogen) atoms. The van der Waals surface area contributed by atoms with Gasteiger partial charge in [-0.25, -0.2) is 8.42 Å². The third-order valence-electron chi connectivity index (χ3n) is 2.64. The van der Waals surface area contributed by atoms with Crippen molar-refractivity contribution in [1.29, 1.82) is 0 Å². The van der Waals surface area contributed by atoms with Gasteiger partial charge in [-0.2, -0.15) is 0 Å². The van der Waals surface area contributed by atoms with E-state index in [0.29, 0.717) is 28.0 Å². The van der Waals surface area contributed by atoms with Crippen molar-refractivity contribution in [2.75, 3.05) is 16.3 Å². The smallest absolute Gasteiger partial charge is 0.229 e. The van der Waals surface area contributed by atoms with Crippen LogP contribution >= 0.6 is 23.2 Å². The fourth-order valence-corrected chi connectivity index (χ4v) is 2.73. The molecule has 0 spiro atoms. The molecule has 0 heterocycles. The number of anilines is 2. The van der Waals surface area contributed by atoms with Crippen LogP contribution in [-0.2, 0) is 16.6 Å². The van der Waals surface area contributed by atoms with Crippen LogP contribution in [0.3, 0.4) is 0 Å². The van der Waals surface area contributed by atoms with E-state index in [1.165, 1.54) is 0 Å². The molecule has 112 valence electrons. The predicted molar refractivity (Wildman–Crippen MR) is 88.7 cm³/mol. The molecule has 0 radical (unpaired) electrons. The first kappa shape index (κ1) is 15.9. The molecule has 0 aliphatic heterocycles. The van der Waals surface area contributed by atoms with Gasteiger partial charge in [0, 0.05) is 11.6 Å². The molecule has 2 N–H and O–H groups in total. The van der Waals surface area contributed by atoms with Crippen molar-refractivity contribution in [2.45, 2.75) is 6.54 Å². The molecule has 0 aromatic heterocycles. The van der Waals surface area contributed by atoms with Gasteiger partial charge in [-0.05, 0) is 35.9 Å². The van der Waals surface area contributed by atoms with Crippen LogP contribution in [0.25, 0.3) is 0 Å². The predicted octanol–water partition coefficient (Wildman–Crippen LogP) is 3.98. The van der Waals surface area contributed by atoms with E-state index < -0.39 is 10.0 Å². The van der Waals surface area contributed by atoms with Gasteiger partial charge in [0.1, 0.15) is 0 Å². The molecule has 2 aromatic carbocycles. The minimum Gasteiger partial charge on any atom is -0.380 e. The molecule has 7 heteroatoms. The summed E-state index contributed by atoms with van der Waals surface area (Å²) in [6.07, 6.45) is 1.10. The summed E-state index contributed by atoms with van der Waals surface area (Å²) in [5.41, 5.74) is 2.10. The van der Waals surface area contributed by atoms with E-state index >= 15 is 0 Å². The molecule has 0 aliphatic rings. The van der Waals surface area contributed by atoms with Crippen LogP contribution in [-0.4, -0.2) is 14.7 Å². The molecule has 0 bridgehead atoms. The van der Waals surface area contributed by atoms with E-state index in [1.807, 2.05) is 18.2 Å². The Labute approximate surface area is 134 Å². The van der Waals surface area contributed by atoms with E-state index in [4.69, 9.17) is 23.2 Å². The number of hydrogen-bond donors (Lipinski definition) is 2. The molecule has 0 unspecified atom stereocenters. The van der Waals surface area contributed by atoms with Crippen LogP contribution in [0.1, 0.15) is 5.56 Å². The minimum atomic E-state index is -3.32. The number of rotatable bonds is 5. The molecule has 0 saturated heterocycles. The van der Waals surface area contributed by atoms with Crippen LogP contribution in [0.15, 0.2) is 42.5 Å². The summed E-state index contributed by atoms with van der Waals surface area (Å²) in [5, 5.41) is 4.33. The van der Waals surface area contributed by atoms with Crippen molar-refractivity contribution in [3.05, 3.63) is 58.1 Å². The zero-order valence-corrected chi connectivity index (χ0v) is 13.6. The highest BCUT2D eigenvalue weighted by atomic mass is 35.5. The zero-order valence-electron chi connectivity index (χ0n) is 11.2. The van der Waals surface area contributed by atoms with Gasteiger partial charge in [0.05, 0.1) is 22.7 Å². The number of sulfonamides is 1. The van der Waals surface area contributed by atoms with E-state index in [2.05, 4.69) is 10.0 Å². The number of nitrogens with one attached hydrogen (secondary N) is 2. The van der Waals surface area contributed by atoms with Gasteiger partial charge in [-0.1, -0.05) is 35.3 Å². The highest BCUT2D eigenvalue weighted by Gasteiger charge is 2.06. The Kier molecular flexibility index (Phi) is 4.98. The molecule has 2 rings (SSSR count). The molecular formula is C14H14Cl2N2O2S. The van der Waals surface area contributed by atoms with Crippen molar-refractivity contribution < 1.29 is 8.42 Å². The average Bonchev–Trinajstić information content (AvgIpc) is 2.38. The molecule has 2 aromatic rings. The monoisotopic (exact) mass is 344 g/mol. The van der Waals surface area contributed by atoms with Gasteiger partial charge < -0.3 is 5.32 Å². The molecular weight excluding hydrogens is 331 g/mol. The standard InChI is InChI=1S/C14H14Cl2N2O2S/c1-21(19,20)18-12-5-6-13(16)14(8-12)17-9-10-3-2-4-11(15)7-10/h2-8,17-18H,9H2,1H3. The summed E-state index contributed by atoms with van der Waals surface area (Å²) in [4.78, 5) is 0. The molecule has 0 atom stereocenters. The van der Waals surface area contributed by atoms with Crippen LogP contribution in [0.2, 0.25) is 10.0 Å². The van der Waals surface area contributed by atoms with Crippen molar-refractivity contribution >= 4 is 44.6 Å². The fourth-order valence-electron chi connectivity index (χ4n) is 1.78. The van der Waals surface area contributed by atoms with Gasteiger partial charge in [-0.3, -0.25) is 4.72 Å². The van der Waals surface area contributed by atoms with Crippen molar-refractivity contribution in [1.82, 2.24) is 0 Å². The van der Waals surface area contributed by atoms with E-state index in [0.717, 1.165) is 11.8 Å². The van der Waals surface area contributed by atoms with Crippen LogP contribution in [0, 0.1) is 0 Å². The first-order valence-electron chi connectivity index (χ1n) is 6.09. The first-order chi connectivity index (χ1) is 9.83. The fraction of sp³-hybridized carbons (Fsp3) is 0.143. The Morgan fingerprint density at radius 1 is 1.10 bits per heavy atom. The summed E-state index contributed by atoms with van der Waals surface area (Å²) in [6.45, 7) is 0.530. The number of hydrogen-bond acceptors (Lipinski definition) is 3. The van der Waals surface area contributed by atoms with Gasteiger partial charge in [-0.15, -0.1) is 0 Å². The largest absolute Gasteiger partial charge is 0.380 e. The molecule has 0 fully saturated rings. The van der Waals surface area contributed by atoms with Crippen LogP contribution in [0.4, 0.5) is 11.4 Å². The summed E-state index contributed by atoms with van der Waals surface area (Å²) in [5.74, 6) is 0. The summed E-state index contributed by atoms with van der Waals surface area (Å²) < 4.78 is 24.9. The Bertz CT molecular complexity index is 748. The summed E-state index contributed by atoms with van der Waals surface area (Å²) in [6, 6.07) is 12.3. The van der Waals surface area contributed by atoms with Gasteiger partial charge >= 0.3 is 0 Å². The second-order valence-corrected chi connectivity index (χ2v) is 7.14. The van der Waals surface area contributed by atoms with Crippen molar-refractivity contribution in [2.24, 2.45) is 0 Å². The second kappa shape index (κ2) is 6.56. The minimum absolute atomic E-state index is 0.454. The SMILES string of the molecule is CS(=O)(=O)Nc1ccc(Cl)c(NCc2cccc(Cl)c2)c1. The lowest BCUT2D eigenvalue weighted by atomic mass is 10.2. The number of halogens is 2. The zero-order chi connectivity index (χ0) is 15.5. The summed E-state index contributed by atoms with van der Waals surface area (Å²) >= 11 is 12.0. The Morgan fingerprint density at radius 3 is 2.52 bits per heavy atom. The normalized spacial score (nSPS) is 11.2. The highest BCUT2D eigenvalue weighted by Crippen LogP contribution is 2.26. The maximum atomic E-state index is 11.2. The van der Waals surface area contributed by atoms with Gasteiger partial charge in [0.15, 0.2) is 0 Å². The molecule has 0 saturated carbocycles. The summed E-state index contributed by atoms with van der Waals surface area (Å²) in [7, 11) is -3.32. The Balaban J connectivity index is 2.14. The maximum absolute atomic E-state index is 11.2. The topological polar surface area (TPSA) is 58.2 Å². The van der Waals surface area contributed by atoms with Crippen LogP contribution in [0.5, 0.6) is 0 Å². The Morgan fingerprint density at radius 2 is 1.86 bits per heavy atom.